The molecule has 94 valence electrons. The van der Waals surface area contributed by atoms with Crippen LogP contribution in [-0.2, 0) is 4.79 Å². The fourth-order valence-electron chi connectivity index (χ4n) is 1.85. The average molecular weight is 234 g/mol. The fraction of sp³-hybridized carbons (Fsp3) is 0.500. The zero-order valence-corrected chi connectivity index (χ0v) is 10.9. The second-order valence-corrected chi connectivity index (χ2v) is 4.69. The molecule has 17 heavy (non-hydrogen) atoms. The molecular weight excluding hydrogens is 212 g/mol. The quantitative estimate of drug-likeness (QED) is 0.820. The Labute approximate surface area is 103 Å². The van der Waals surface area contributed by atoms with Crippen molar-refractivity contribution in [3.05, 3.63) is 35.4 Å². The lowest BCUT2D eigenvalue weighted by Crippen LogP contribution is -2.29. The number of carbonyl (C=O) groups excluding carboxylic acids is 1. The van der Waals surface area contributed by atoms with Gasteiger partial charge in [-0.25, -0.2) is 0 Å². The fourth-order valence-corrected chi connectivity index (χ4v) is 1.85. The van der Waals surface area contributed by atoms with Crippen LogP contribution in [0.5, 0.6) is 0 Å². The molecule has 0 bridgehead atoms. The van der Waals surface area contributed by atoms with Crippen molar-refractivity contribution in [1.82, 2.24) is 5.32 Å². The summed E-state index contributed by atoms with van der Waals surface area (Å²) in [5.74, 6) is 0.303. The largest absolute Gasteiger partial charge is 0.350 e. The summed E-state index contributed by atoms with van der Waals surface area (Å²) in [5.41, 5.74) is 7.88. The first kappa shape index (κ1) is 13.7. The molecule has 1 unspecified atom stereocenters. The van der Waals surface area contributed by atoms with Gasteiger partial charge in [0.05, 0.1) is 6.04 Å². The third kappa shape index (κ3) is 4.19. The summed E-state index contributed by atoms with van der Waals surface area (Å²) in [5, 5.41) is 3.01. The predicted octanol–water partition coefficient (Wildman–Crippen LogP) is 2.16. The van der Waals surface area contributed by atoms with Gasteiger partial charge in [0, 0.05) is 6.42 Å². The van der Waals surface area contributed by atoms with E-state index in [0.717, 1.165) is 0 Å². The third-order valence-corrected chi connectivity index (χ3v) is 2.97. The van der Waals surface area contributed by atoms with Gasteiger partial charge in [-0.2, -0.15) is 0 Å². The molecule has 3 heteroatoms. The van der Waals surface area contributed by atoms with Crippen LogP contribution in [0.15, 0.2) is 24.3 Å². The Morgan fingerprint density at radius 1 is 1.35 bits per heavy atom. The molecule has 2 atom stereocenters. The van der Waals surface area contributed by atoms with Crippen LogP contribution >= 0.6 is 0 Å². The number of carbonyl (C=O) groups is 1. The SMILES string of the molecule is Cc1ccccc1[C@H](C)NC(=O)CC(C)CN. The Morgan fingerprint density at radius 2 is 2.00 bits per heavy atom. The number of aryl methyl sites for hydroxylation is 1. The maximum Gasteiger partial charge on any atom is 0.220 e. The molecule has 1 amide bonds. The van der Waals surface area contributed by atoms with Crippen molar-refractivity contribution < 1.29 is 4.79 Å². The van der Waals surface area contributed by atoms with Gasteiger partial charge in [0.15, 0.2) is 0 Å². The first-order chi connectivity index (χ1) is 8.04. The van der Waals surface area contributed by atoms with E-state index in [2.05, 4.69) is 18.3 Å². The second-order valence-electron chi connectivity index (χ2n) is 4.69. The third-order valence-electron chi connectivity index (χ3n) is 2.97. The Bertz CT molecular complexity index is 376. The van der Waals surface area contributed by atoms with Gasteiger partial charge in [-0.3, -0.25) is 4.79 Å². The molecule has 0 saturated heterocycles. The Balaban J connectivity index is 2.58. The molecule has 0 aliphatic carbocycles. The summed E-state index contributed by atoms with van der Waals surface area (Å²) in [4.78, 5) is 11.7. The highest BCUT2D eigenvalue weighted by Gasteiger charge is 2.13. The van der Waals surface area contributed by atoms with Crippen LogP contribution in [0.4, 0.5) is 0 Å². The van der Waals surface area contributed by atoms with E-state index in [1.54, 1.807) is 0 Å². The van der Waals surface area contributed by atoms with Gasteiger partial charge in [0.25, 0.3) is 0 Å². The van der Waals surface area contributed by atoms with Crippen molar-refractivity contribution >= 4 is 5.91 Å². The second kappa shape index (κ2) is 6.40. The molecule has 3 nitrogen and oxygen atoms in total. The average Bonchev–Trinajstić information content (AvgIpc) is 2.29. The Morgan fingerprint density at radius 3 is 2.59 bits per heavy atom. The van der Waals surface area contributed by atoms with E-state index in [9.17, 15) is 4.79 Å². The highest BCUT2D eigenvalue weighted by molar-refractivity contribution is 5.76. The van der Waals surface area contributed by atoms with E-state index in [1.165, 1.54) is 11.1 Å². The van der Waals surface area contributed by atoms with Crippen molar-refractivity contribution in [3.8, 4) is 0 Å². The Kier molecular flexibility index (Phi) is 5.16. The molecule has 1 aromatic carbocycles. The minimum atomic E-state index is 0.0497. The molecular formula is C14H22N2O. The van der Waals surface area contributed by atoms with E-state index < -0.39 is 0 Å². The highest BCUT2D eigenvalue weighted by atomic mass is 16.1. The van der Waals surface area contributed by atoms with E-state index in [-0.39, 0.29) is 17.9 Å². The molecule has 0 aliphatic rings. The topological polar surface area (TPSA) is 55.1 Å². The summed E-state index contributed by atoms with van der Waals surface area (Å²) in [6.45, 7) is 6.60. The number of nitrogens with two attached hydrogens (primary N) is 1. The summed E-state index contributed by atoms with van der Waals surface area (Å²) < 4.78 is 0. The lowest BCUT2D eigenvalue weighted by atomic mass is 10.0. The van der Waals surface area contributed by atoms with Crippen molar-refractivity contribution in [1.29, 1.82) is 0 Å². The lowest BCUT2D eigenvalue weighted by molar-refractivity contribution is -0.122. The lowest BCUT2D eigenvalue weighted by Gasteiger charge is -2.17. The molecule has 3 N–H and O–H groups in total. The minimum absolute atomic E-state index is 0.0497. The molecule has 0 aromatic heterocycles. The normalized spacial score (nSPS) is 14.1. The molecule has 0 heterocycles. The first-order valence-corrected chi connectivity index (χ1v) is 6.09. The van der Waals surface area contributed by atoms with Gasteiger partial charge in [0.2, 0.25) is 5.91 Å². The van der Waals surface area contributed by atoms with Crippen LogP contribution in [0.2, 0.25) is 0 Å². The minimum Gasteiger partial charge on any atom is -0.350 e. The van der Waals surface area contributed by atoms with Crippen molar-refractivity contribution in [3.63, 3.8) is 0 Å². The predicted molar refractivity (Wildman–Crippen MR) is 70.6 cm³/mol. The number of hydrogen-bond acceptors (Lipinski definition) is 2. The van der Waals surface area contributed by atoms with Gasteiger partial charge < -0.3 is 11.1 Å². The van der Waals surface area contributed by atoms with Crippen LogP contribution in [0.1, 0.15) is 37.4 Å². The van der Waals surface area contributed by atoms with Gasteiger partial charge in [-0.1, -0.05) is 31.2 Å². The Hall–Kier alpha value is -1.35. The molecule has 0 radical (unpaired) electrons. The maximum atomic E-state index is 11.7. The maximum absolute atomic E-state index is 11.7. The van der Waals surface area contributed by atoms with Crippen LogP contribution < -0.4 is 11.1 Å². The first-order valence-electron chi connectivity index (χ1n) is 6.09. The molecule has 0 saturated carbocycles. The van der Waals surface area contributed by atoms with E-state index >= 15 is 0 Å². The van der Waals surface area contributed by atoms with Gasteiger partial charge in [-0.05, 0) is 37.4 Å². The standard InChI is InChI=1S/C14H22N2O/c1-10(9-15)8-14(17)16-12(3)13-7-5-4-6-11(13)2/h4-7,10,12H,8-9,15H2,1-3H3,(H,16,17)/t10?,12-/m0/s1. The number of rotatable bonds is 5. The van der Waals surface area contributed by atoms with Crippen molar-refractivity contribution in [2.45, 2.75) is 33.2 Å². The van der Waals surface area contributed by atoms with Crippen LogP contribution in [0.3, 0.4) is 0 Å². The summed E-state index contributed by atoms with van der Waals surface area (Å²) >= 11 is 0. The van der Waals surface area contributed by atoms with E-state index in [1.807, 2.05) is 32.0 Å². The summed E-state index contributed by atoms with van der Waals surface area (Å²) in [6, 6.07) is 8.15. The number of hydrogen-bond donors (Lipinski definition) is 2. The van der Waals surface area contributed by atoms with Gasteiger partial charge >= 0.3 is 0 Å². The van der Waals surface area contributed by atoms with E-state index in [4.69, 9.17) is 5.73 Å². The van der Waals surface area contributed by atoms with Crippen molar-refractivity contribution in [2.24, 2.45) is 11.7 Å². The van der Waals surface area contributed by atoms with Gasteiger partial charge in [0.1, 0.15) is 0 Å². The summed E-state index contributed by atoms with van der Waals surface area (Å²) in [6.07, 6.45) is 0.493. The number of benzene rings is 1. The zero-order chi connectivity index (χ0) is 12.8. The highest BCUT2D eigenvalue weighted by Crippen LogP contribution is 2.16. The van der Waals surface area contributed by atoms with Gasteiger partial charge in [-0.15, -0.1) is 0 Å². The molecule has 0 fully saturated rings. The molecule has 0 aliphatic heterocycles. The number of amides is 1. The molecule has 1 rings (SSSR count). The number of nitrogens with one attached hydrogen (secondary N) is 1. The van der Waals surface area contributed by atoms with E-state index in [0.29, 0.717) is 13.0 Å². The smallest absolute Gasteiger partial charge is 0.220 e. The molecule has 1 aromatic rings. The van der Waals surface area contributed by atoms with Crippen LogP contribution in [-0.4, -0.2) is 12.5 Å². The van der Waals surface area contributed by atoms with Crippen LogP contribution in [0, 0.1) is 12.8 Å². The van der Waals surface area contributed by atoms with Crippen LogP contribution in [0.25, 0.3) is 0 Å². The molecule has 0 spiro atoms. The monoisotopic (exact) mass is 234 g/mol. The summed E-state index contributed by atoms with van der Waals surface area (Å²) in [7, 11) is 0. The zero-order valence-electron chi connectivity index (χ0n) is 10.9. The van der Waals surface area contributed by atoms with Crippen molar-refractivity contribution in [2.75, 3.05) is 6.54 Å².